The molecule has 0 amide bonds. The van der Waals surface area contributed by atoms with E-state index in [4.69, 9.17) is 15.2 Å². The average Bonchev–Trinajstić information content (AvgIpc) is 3.37. The van der Waals surface area contributed by atoms with Gasteiger partial charge in [0.2, 0.25) is 5.88 Å². The molecule has 3 aromatic heterocycles. The molecule has 0 spiro atoms. The molecule has 8 nitrogen and oxygen atoms in total. The van der Waals surface area contributed by atoms with Crippen molar-refractivity contribution in [1.82, 2.24) is 15.0 Å². The minimum atomic E-state index is -0.0777. The molecule has 4 rings (SSSR count). The number of pyridine rings is 1. The number of nitrogens with one attached hydrogen (secondary N) is 1. The van der Waals surface area contributed by atoms with Crippen molar-refractivity contribution in [2.24, 2.45) is 0 Å². The Morgan fingerprint density at radius 1 is 1.37 bits per heavy atom. The highest BCUT2D eigenvalue weighted by Crippen LogP contribution is 2.34. The smallest absolute Gasteiger partial charge is 0.234 e. The number of hydrogen-bond donors (Lipinski definition) is 2. The van der Waals surface area contributed by atoms with Crippen LogP contribution in [0.4, 0.5) is 16.1 Å². The lowest BCUT2D eigenvalue weighted by molar-refractivity contribution is 0.138. The maximum absolute atomic E-state index is 9.28. The second kappa shape index (κ2) is 7.48. The second-order valence-corrected chi connectivity index (χ2v) is 7.78. The predicted molar refractivity (Wildman–Crippen MR) is 104 cm³/mol. The summed E-state index contributed by atoms with van der Waals surface area (Å²) >= 11 is 2.87. The molecule has 1 aliphatic rings. The summed E-state index contributed by atoms with van der Waals surface area (Å²) in [4.78, 5) is 14.2. The third-order valence-corrected chi connectivity index (χ3v) is 5.70. The van der Waals surface area contributed by atoms with Gasteiger partial charge in [0.15, 0.2) is 10.3 Å². The molecule has 27 heavy (non-hydrogen) atoms. The monoisotopic (exact) mass is 400 g/mol. The molecule has 1 saturated heterocycles. The number of rotatable bonds is 5. The van der Waals surface area contributed by atoms with Gasteiger partial charge >= 0.3 is 0 Å². The van der Waals surface area contributed by atoms with Crippen LogP contribution in [-0.2, 0) is 4.74 Å². The summed E-state index contributed by atoms with van der Waals surface area (Å²) in [6, 6.07) is 5.52. The summed E-state index contributed by atoms with van der Waals surface area (Å²) in [5, 5.41) is 15.6. The number of nitrogens with two attached hydrogens (primary N) is 1. The van der Waals surface area contributed by atoms with Crippen LogP contribution in [0.25, 0.3) is 10.6 Å². The number of nitrogens with zero attached hydrogens (tertiary/aromatic N) is 4. The van der Waals surface area contributed by atoms with Crippen molar-refractivity contribution in [3.63, 3.8) is 0 Å². The molecule has 0 bridgehead atoms. The molecule has 1 aliphatic heterocycles. The number of nitrogen functional groups attached to an aromatic ring is 1. The summed E-state index contributed by atoms with van der Waals surface area (Å²) in [7, 11) is 0. The fraction of sp³-hybridized carbons (Fsp3) is 0.294. The van der Waals surface area contributed by atoms with Crippen molar-refractivity contribution < 1.29 is 9.47 Å². The molecule has 1 unspecified atom stereocenters. The topological polar surface area (TPSA) is 119 Å². The van der Waals surface area contributed by atoms with E-state index in [1.807, 2.05) is 12.3 Å². The Morgan fingerprint density at radius 3 is 2.96 bits per heavy atom. The number of hydrogen-bond acceptors (Lipinski definition) is 10. The first-order valence-electron chi connectivity index (χ1n) is 8.24. The Hall–Kier alpha value is -2.74. The summed E-state index contributed by atoms with van der Waals surface area (Å²) in [5.41, 5.74) is 7.84. The van der Waals surface area contributed by atoms with Gasteiger partial charge in [0.25, 0.3) is 0 Å². The summed E-state index contributed by atoms with van der Waals surface area (Å²) in [6.07, 6.45) is 0.711. The lowest BCUT2D eigenvalue weighted by atomic mass is 10.2. The van der Waals surface area contributed by atoms with Gasteiger partial charge in [-0.05, 0) is 19.1 Å². The highest BCUT2D eigenvalue weighted by Gasteiger charge is 2.20. The molecule has 1 fully saturated rings. The van der Waals surface area contributed by atoms with Crippen molar-refractivity contribution >= 4 is 38.8 Å². The molecule has 0 aliphatic carbocycles. The first kappa shape index (κ1) is 17.7. The van der Waals surface area contributed by atoms with Crippen molar-refractivity contribution in [3.8, 4) is 22.5 Å². The molecule has 3 N–H and O–H groups in total. The number of anilines is 3. The molecular formula is C17H16N6O2S2. The fourth-order valence-corrected chi connectivity index (χ4v) is 4.23. The predicted octanol–water partition coefficient (Wildman–Crippen LogP) is 3.34. The molecule has 0 aromatic carbocycles. The zero-order valence-corrected chi connectivity index (χ0v) is 16.1. The zero-order valence-electron chi connectivity index (χ0n) is 14.4. The van der Waals surface area contributed by atoms with Crippen LogP contribution >= 0.6 is 22.7 Å². The van der Waals surface area contributed by atoms with Gasteiger partial charge in [0.1, 0.15) is 23.6 Å². The minimum Gasteiger partial charge on any atom is -0.471 e. The molecule has 10 heteroatoms. The van der Waals surface area contributed by atoms with Crippen molar-refractivity contribution in [3.05, 3.63) is 28.8 Å². The molecule has 1 atom stereocenters. The average molecular weight is 400 g/mol. The van der Waals surface area contributed by atoms with Gasteiger partial charge in [-0.15, -0.1) is 11.3 Å². The van der Waals surface area contributed by atoms with Crippen LogP contribution in [0.1, 0.15) is 17.7 Å². The van der Waals surface area contributed by atoms with Gasteiger partial charge in [0.05, 0.1) is 29.5 Å². The van der Waals surface area contributed by atoms with Crippen LogP contribution in [-0.4, -0.2) is 34.3 Å². The third kappa shape index (κ3) is 3.85. The third-order valence-electron chi connectivity index (χ3n) is 3.93. The van der Waals surface area contributed by atoms with Gasteiger partial charge in [-0.1, -0.05) is 11.3 Å². The molecular weight excluding hydrogens is 384 g/mol. The number of aryl methyl sites for hydroxylation is 1. The van der Waals surface area contributed by atoms with Crippen LogP contribution in [0.2, 0.25) is 0 Å². The summed E-state index contributed by atoms with van der Waals surface area (Å²) in [6.45, 7) is 3.08. The Labute approximate surface area is 163 Å². The number of aromatic nitrogens is 3. The Balaban J connectivity index is 1.54. The van der Waals surface area contributed by atoms with E-state index in [-0.39, 0.29) is 6.10 Å². The number of thiazole rings is 2. The second-order valence-electron chi connectivity index (χ2n) is 5.89. The van der Waals surface area contributed by atoms with Gasteiger partial charge in [-0.3, -0.25) is 0 Å². The van der Waals surface area contributed by atoms with E-state index in [1.54, 1.807) is 12.1 Å². The van der Waals surface area contributed by atoms with E-state index in [9.17, 15) is 5.26 Å². The van der Waals surface area contributed by atoms with Crippen LogP contribution in [0.5, 0.6) is 5.88 Å². The van der Waals surface area contributed by atoms with E-state index in [1.165, 1.54) is 22.7 Å². The van der Waals surface area contributed by atoms with Crippen LogP contribution in [0, 0.1) is 18.3 Å². The lowest BCUT2D eigenvalue weighted by Gasteiger charge is -2.13. The van der Waals surface area contributed by atoms with E-state index < -0.39 is 0 Å². The van der Waals surface area contributed by atoms with E-state index in [0.717, 1.165) is 22.7 Å². The van der Waals surface area contributed by atoms with E-state index >= 15 is 0 Å². The van der Waals surface area contributed by atoms with E-state index in [0.29, 0.717) is 40.7 Å². The van der Waals surface area contributed by atoms with Crippen LogP contribution in [0.15, 0.2) is 17.5 Å². The Bertz CT molecular complexity index is 1000. The largest absolute Gasteiger partial charge is 0.471 e. The van der Waals surface area contributed by atoms with Crippen molar-refractivity contribution in [2.75, 3.05) is 24.3 Å². The highest BCUT2D eigenvalue weighted by atomic mass is 32.1. The van der Waals surface area contributed by atoms with Crippen molar-refractivity contribution in [1.29, 1.82) is 5.26 Å². The highest BCUT2D eigenvalue weighted by molar-refractivity contribution is 7.19. The van der Waals surface area contributed by atoms with Gasteiger partial charge in [-0.2, -0.15) is 10.2 Å². The first-order chi connectivity index (χ1) is 13.1. The Morgan fingerprint density at radius 2 is 2.26 bits per heavy atom. The quantitative estimate of drug-likeness (QED) is 0.669. The van der Waals surface area contributed by atoms with Gasteiger partial charge in [0, 0.05) is 11.8 Å². The molecule has 4 heterocycles. The standard InChI is InChI=1S/C17H16N6O2S2/c1-9-14(27-16(19)20-9)12-8-26-17(21-12)23-13-3-2-10(6-18)15(22-13)25-11-4-5-24-7-11/h2-3,8,11H,4-5,7H2,1H3,(H2,19,20)(H,21,22,23). The molecule has 0 saturated carbocycles. The van der Waals surface area contributed by atoms with Gasteiger partial charge in [-0.25, -0.2) is 9.97 Å². The fourth-order valence-electron chi connectivity index (χ4n) is 2.65. The van der Waals surface area contributed by atoms with Crippen molar-refractivity contribution in [2.45, 2.75) is 19.4 Å². The van der Waals surface area contributed by atoms with Crippen LogP contribution < -0.4 is 15.8 Å². The SMILES string of the molecule is Cc1nc(N)sc1-c1csc(Nc2ccc(C#N)c(OC3CCOC3)n2)n1. The molecule has 138 valence electrons. The van der Waals surface area contributed by atoms with E-state index in [2.05, 4.69) is 26.3 Å². The van der Waals surface area contributed by atoms with Gasteiger partial charge < -0.3 is 20.5 Å². The summed E-state index contributed by atoms with van der Waals surface area (Å²) < 4.78 is 11.1. The Kier molecular flexibility index (Phi) is 4.89. The zero-order chi connectivity index (χ0) is 18.8. The molecule has 3 aromatic rings. The number of ether oxygens (including phenoxy) is 2. The summed E-state index contributed by atoms with van der Waals surface area (Å²) in [5.74, 6) is 0.866. The number of nitriles is 1. The molecule has 0 radical (unpaired) electrons. The minimum absolute atomic E-state index is 0.0777. The normalized spacial score (nSPS) is 16.2. The van der Waals surface area contributed by atoms with Crippen LogP contribution in [0.3, 0.4) is 0 Å². The lowest BCUT2D eigenvalue weighted by Crippen LogP contribution is -2.17. The maximum Gasteiger partial charge on any atom is 0.234 e. The maximum atomic E-state index is 9.28. The first-order valence-corrected chi connectivity index (χ1v) is 9.93.